The van der Waals surface area contributed by atoms with Gasteiger partial charge in [-0.1, -0.05) is 49.6 Å². The fraction of sp³-hybridized carbons (Fsp3) is 0.250. The van der Waals surface area contributed by atoms with Gasteiger partial charge >= 0.3 is 0 Å². The standard InChI is InChI=1S/C16H16Br2O2/c1-10-3-4-16(20-2)12(5-10)8-15(19)11-6-13(17)9-14(18)7-11/h3-7,9,15,19H,8H2,1-2H3. The van der Waals surface area contributed by atoms with Crippen LogP contribution in [0.1, 0.15) is 22.8 Å². The van der Waals surface area contributed by atoms with Crippen molar-refractivity contribution in [2.75, 3.05) is 7.11 Å². The average molecular weight is 400 g/mol. The molecule has 0 fully saturated rings. The van der Waals surface area contributed by atoms with Gasteiger partial charge in [0.05, 0.1) is 13.2 Å². The summed E-state index contributed by atoms with van der Waals surface area (Å²) in [4.78, 5) is 0. The Morgan fingerprint density at radius 1 is 1.10 bits per heavy atom. The van der Waals surface area contributed by atoms with Crippen molar-refractivity contribution in [3.8, 4) is 5.75 Å². The number of hydrogen-bond acceptors (Lipinski definition) is 2. The molecule has 0 radical (unpaired) electrons. The van der Waals surface area contributed by atoms with Crippen LogP contribution in [-0.2, 0) is 6.42 Å². The third kappa shape index (κ3) is 3.84. The van der Waals surface area contributed by atoms with Crippen molar-refractivity contribution < 1.29 is 9.84 Å². The molecule has 0 spiro atoms. The molecule has 0 bridgehead atoms. The fourth-order valence-electron chi connectivity index (χ4n) is 2.16. The van der Waals surface area contributed by atoms with E-state index in [0.717, 1.165) is 31.4 Å². The number of aliphatic hydroxyl groups excluding tert-OH is 1. The van der Waals surface area contributed by atoms with Gasteiger partial charge in [0.2, 0.25) is 0 Å². The summed E-state index contributed by atoms with van der Waals surface area (Å²) in [5, 5.41) is 10.4. The number of aryl methyl sites for hydroxylation is 1. The van der Waals surface area contributed by atoms with Crippen molar-refractivity contribution in [3.05, 3.63) is 62.0 Å². The molecule has 0 aliphatic rings. The lowest BCUT2D eigenvalue weighted by Crippen LogP contribution is -2.04. The van der Waals surface area contributed by atoms with Crippen molar-refractivity contribution in [3.63, 3.8) is 0 Å². The van der Waals surface area contributed by atoms with Crippen molar-refractivity contribution in [2.45, 2.75) is 19.4 Å². The van der Waals surface area contributed by atoms with Gasteiger partial charge in [-0.25, -0.2) is 0 Å². The highest BCUT2D eigenvalue weighted by Gasteiger charge is 2.13. The Labute approximate surface area is 136 Å². The molecule has 0 aliphatic heterocycles. The Morgan fingerprint density at radius 2 is 1.75 bits per heavy atom. The molecule has 2 aromatic carbocycles. The Hall–Kier alpha value is -0.840. The van der Waals surface area contributed by atoms with Gasteiger partial charge in [0.1, 0.15) is 5.75 Å². The van der Waals surface area contributed by atoms with Gasteiger partial charge in [-0.3, -0.25) is 0 Å². The van der Waals surface area contributed by atoms with Gasteiger partial charge in [0.15, 0.2) is 0 Å². The first-order valence-corrected chi connectivity index (χ1v) is 7.86. The zero-order valence-electron chi connectivity index (χ0n) is 11.4. The van der Waals surface area contributed by atoms with E-state index in [2.05, 4.69) is 37.9 Å². The molecule has 1 N–H and O–H groups in total. The maximum Gasteiger partial charge on any atom is 0.122 e. The third-order valence-corrected chi connectivity index (χ3v) is 4.03. The lowest BCUT2D eigenvalue weighted by Gasteiger charge is -2.15. The molecular weight excluding hydrogens is 384 g/mol. The van der Waals surface area contributed by atoms with Gasteiger partial charge in [0, 0.05) is 15.4 Å². The SMILES string of the molecule is COc1ccc(C)cc1CC(O)c1cc(Br)cc(Br)c1. The summed E-state index contributed by atoms with van der Waals surface area (Å²) in [6.07, 6.45) is -0.0483. The summed E-state index contributed by atoms with van der Waals surface area (Å²) < 4.78 is 7.24. The fourth-order valence-corrected chi connectivity index (χ4v) is 3.49. The van der Waals surface area contributed by atoms with Gasteiger partial charge in [-0.05, 0) is 42.3 Å². The maximum absolute atomic E-state index is 10.4. The number of halogens is 2. The van der Waals surface area contributed by atoms with E-state index < -0.39 is 6.10 Å². The second-order valence-corrected chi connectivity index (χ2v) is 6.57. The van der Waals surface area contributed by atoms with Crippen LogP contribution in [0.5, 0.6) is 5.75 Å². The molecule has 106 valence electrons. The number of benzene rings is 2. The van der Waals surface area contributed by atoms with Crippen molar-refractivity contribution >= 4 is 31.9 Å². The van der Waals surface area contributed by atoms with E-state index >= 15 is 0 Å². The normalized spacial score (nSPS) is 12.2. The topological polar surface area (TPSA) is 29.5 Å². The quantitative estimate of drug-likeness (QED) is 0.799. The van der Waals surface area contributed by atoms with E-state index in [1.165, 1.54) is 0 Å². The lowest BCUT2D eigenvalue weighted by atomic mass is 9.99. The van der Waals surface area contributed by atoms with Crippen LogP contribution in [0.15, 0.2) is 45.3 Å². The smallest absolute Gasteiger partial charge is 0.122 e. The van der Waals surface area contributed by atoms with E-state index in [9.17, 15) is 5.11 Å². The molecule has 20 heavy (non-hydrogen) atoms. The highest BCUT2D eigenvalue weighted by molar-refractivity contribution is 9.11. The molecule has 0 amide bonds. The second-order valence-electron chi connectivity index (χ2n) is 4.74. The van der Waals surface area contributed by atoms with Crippen LogP contribution < -0.4 is 4.74 Å². The molecule has 0 saturated carbocycles. The van der Waals surface area contributed by atoms with E-state index in [4.69, 9.17) is 4.74 Å². The van der Waals surface area contributed by atoms with Crippen LogP contribution in [0.4, 0.5) is 0 Å². The van der Waals surface area contributed by atoms with Gasteiger partial charge < -0.3 is 9.84 Å². The molecule has 4 heteroatoms. The van der Waals surface area contributed by atoms with E-state index in [1.807, 2.05) is 37.3 Å². The highest BCUT2D eigenvalue weighted by Crippen LogP contribution is 2.29. The molecular formula is C16H16Br2O2. The average Bonchev–Trinajstić information content (AvgIpc) is 2.37. The van der Waals surface area contributed by atoms with E-state index in [0.29, 0.717) is 6.42 Å². The van der Waals surface area contributed by atoms with Crippen LogP contribution in [-0.4, -0.2) is 12.2 Å². The van der Waals surface area contributed by atoms with E-state index in [1.54, 1.807) is 7.11 Å². The minimum absolute atomic E-state index is 0.522. The molecule has 2 rings (SSSR count). The maximum atomic E-state index is 10.4. The number of aliphatic hydroxyl groups is 1. The number of hydrogen-bond donors (Lipinski definition) is 1. The van der Waals surface area contributed by atoms with Crippen molar-refractivity contribution in [1.29, 1.82) is 0 Å². The Bertz CT molecular complexity index is 591. The van der Waals surface area contributed by atoms with Crippen LogP contribution in [0.25, 0.3) is 0 Å². The van der Waals surface area contributed by atoms with Gasteiger partial charge in [-0.15, -0.1) is 0 Å². The Morgan fingerprint density at radius 3 is 2.35 bits per heavy atom. The summed E-state index contributed by atoms with van der Waals surface area (Å²) in [5.41, 5.74) is 3.04. The largest absolute Gasteiger partial charge is 0.496 e. The lowest BCUT2D eigenvalue weighted by molar-refractivity contribution is 0.177. The zero-order chi connectivity index (χ0) is 14.7. The molecule has 0 aliphatic carbocycles. The monoisotopic (exact) mass is 398 g/mol. The highest BCUT2D eigenvalue weighted by atomic mass is 79.9. The molecule has 0 saturated heterocycles. The molecule has 2 aromatic rings. The summed E-state index contributed by atoms with van der Waals surface area (Å²) in [6, 6.07) is 11.8. The molecule has 1 atom stereocenters. The number of ether oxygens (including phenoxy) is 1. The first kappa shape index (κ1) is 15.5. The van der Waals surface area contributed by atoms with Gasteiger partial charge in [-0.2, -0.15) is 0 Å². The van der Waals surface area contributed by atoms with Crippen molar-refractivity contribution in [2.24, 2.45) is 0 Å². The summed E-state index contributed by atoms with van der Waals surface area (Å²) in [7, 11) is 1.65. The Kier molecular flexibility index (Phi) is 5.24. The first-order valence-electron chi connectivity index (χ1n) is 6.27. The zero-order valence-corrected chi connectivity index (χ0v) is 14.5. The first-order chi connectivity index (χ1) is 9.49. The van der Waals surface area contributed by atoms with Crippen LogP contribution in [0.3, 0.4) is 0 Å². The summed E-state index contributed by atoms with van der Waals surface area (Å²) in [5.74, 6) is 0.809. The van der Waals surface area contributed by atoms with E-state index in [-0.39, 0.29) is 0 Å². The molecule has 0 aromatic heterocycles. The van der Waals surface area contributed by atoms with Crippen LogP contribution >= 0.6 is 31.9 Å². The number of rotatable bonds is 4. The third-order valence-electron chi connectivity index (χ3n) is 3.12. The van der Waals surface area contributed by atoms with Crippen LogP contribution in [0, 0.1) is 6.92 Å². The minimum Gasteiger partial charge on any atom is -0.496 e. The predicted molar refractivity (Wildman–Crippen MR) is 88.2 cm³/mol. The second kappa shape index (κ2) is 6.74. The van der Waals surface area contributed by atoms with Crippen LogP contribution in [0.2, 0.25) is 0 Å². The molecule has 2 nitrogen and oxygen atoms in total. The molecule has 0 heterocycles. The summed E-state index contributed by atoms with van der Waals surface area (Å²) >= 11 is 6.88. The minimum atomic E-state index is -0.570. The summed E-state index contributed by atoms with van der Waals surface area (Å²) in [6.45, 7) is 2.03. The number of methoxy groups -OCH3 is 1. The van der Waals surface area contributed by atoms with Gasteiger partial charge in [0.25, 0.3) is 0 Å². The van der Waals surface area contributed by atoms with Crippen molar-refractivity contribution in [1.82, 2.24) is 0 Å². The predicted octanol–water partition coefficient (Wildman–Crippen LogP) is 4.80. The Balaban J connectivity index is 2.27. The molecule has 1 unspecified atom stereocenters.